The van der Waals surface area contributed by atoms with E-state index >= 15 is 0 Å². The van der Waals surface area contributed by atoms with E-state index < -0.39 is 18.0 Å². The van der Waals surface area contributed by atoms with Gasteiger partial charge in [0, 0.05) is 30.8 Å². The van der Waals surface area contributed by atoms with Crippen LogP contribution >= 0.6 is 0 Å². The number of nitrogens with zero attached hydrogens (tertiary/aromatic N) is 1. The lowest BCUT2D eigenvalue weighted by Crippen LogP contribution is -2.40. The fourth-order valence-corrected chi connectivity index (χ4v) is 4.34. The maximum Gasteiger partial charge on any atom is 0.306 e. The fraction of sp³-hybridized carbons (Fsp3) is 0.400. The monoisotopic (exact) mass is 468 g/mol. The molecule has 1 aromatic carbocycles. The van der Waals surface area contributed by atoms with Gasteiger partial charge in [-0.1, -0.05) is 0 Å². The summed E-state index contributed by atoms with van der Waals surface area (Å²) in [5.74, 6) is 0.807. The minimum absolute atomic E-state index is 0.00954. The number of ether oxygens (including phenoxy) is 3. The molecular weight excluding hydrogens is 440 g/mol. The molecule has 3 heterocycles. The van der Waals surface area contributed by atoms with E-state index in [1.54, 1.807) is 31.1 Å². The van der Waals surface area contributed by atoms with Gasteiger partial charge in [-0.25, -0.2) is 0 Å². The summed E-state index contributed by atoms with van der Waals surface area (Å²) >= 11 is 0. The number of methoxy groups -OCH3 is 1. The highest BCUT2D eigenvalue weighted by Gasteiger charge is 2.36. The van der Waals surface area contributed by atoms with Crippen molar-refractivity contribution in [2.45, 2.75) is 45.8 Å². The maximum atomic E-state index is 13.2. The van der Waals surface area contributed by atoms with Crippen LogP contribution in [0.3, 0.4) is 0 Å². The Labute approximate surface area is 196 Å². The molecule has 9 heteroatoms. The minimum atomic E-state index is -0.511. The molecule has 9 nitrogen and oxygen atoms in total. The molecule has 0 saturated carbocycles. The molecule has 0 radical (unpaired) electrons. The van der Waals surface area contributed by atoms with Gasteiger partial charge in [0.05, 0.1) is 25.8 Å². The summed E-state index contributed by atoms with van der Waals surface area (Å²) in [5.41, 5.74) is 2.88. The zero-order valence-electron chi connectivity index (χ0n) is 19.5. The molecule has 1 atom stereocenters. The smallest absolute Gasteiger partial charge is 0.306 e. The van der Waals surface area contributed by atoms with Crippen LogP contribution in [0.5, 0.6) is 5.75 Å². The van der Waals surface area contributed by atoms with Crippen molar-refractivity contribution in [2.75, 3.05) is 20.3 Å². The van der Waals surface area contributed by atoms with Crippen LogP contribution in [0.15, 0.2) is 34.7 Å². The Kier molecular flexibility index (Phi) is 6.90. The Morgan fingerprint density at radius 3 is 2.71 bits per heavy atom. The normalized spacial score (nSPS) is 15.1. The zero-order chi connectivity index (χ0) is 24.2. The molecule has 3 aromatic rings. The summed E-state index contributed by atoms with van der Waals surface area (Å²) in [6.45, 7) is 3.81. The van der Waals surface area contributed by atoms with E-state index in [0.29, 0.717) is 24.5 Å². The third-order valence-corrected chi connectivity index (χ3v) is 5.87. The second-order valence-electron chi connectivity index (χ2n) is 8.06. The van der Waals surface area contributed by atoms with E-state index in [1.807, 2.05) is 18.2 Å². The molecule has 1 aliphatic rings. The van der Waals surface area contributed by atoms with Gasteiger partial charge < -0.3 is 28.5 Å². The molecule has 180 valence electrons. The Morgan fingerprint density at radius 2 is 1.97 bits per heavy atom. The van der Waals surface area contributed by atoms with Gasteiger partial charge >= 0.3 is 11.9 Å². The number of nitrogens with one attached hydrogen (secondary N) is 1. The van der Waals surface area contributed by atoms with Crippen LogP contribution in [0.4, 0.5) is 0 Å². The number of aromatic nitrogens is 1. The molecule has 1 amide bonds. The number of rotatable bonds is 8. The number of H-pyrrole nitrogens is 1. The number of hydrogen-bond donors (Lipinski definition) is 1. The zero-order valence-corrected chi connectivity index (χ0v) is 19.5. The molecular formula is C25H28N2O7. The number of hydrogen-bond acceptors (Lipinski definition) is 7. The van der Waals surface area contributed by atoms with E-state index in [1.165, 1.54) is 6.92 Å². The highest BCUT2D eigenvalue weighted by molar-refractivity contribution is 5.88. The standard InChI is InChI=1S/C25H28N2O7/c1-4-32-23(30)10-9-22(29)27-12-11-18-19-13-16(31-3)5-7-20(19)26-24(18)25(27)21-8-6-17(34-21)14-33-15(2)28/h5-8,13,25-26H,4,9-12,14H2,1-3H3. The lowest BCUT2D eigenvalue weighted by molar-refractivity contribution is -0.146. The first-order valence-corrected chi connectivity index (χ1v) is 11.3. The van der Waals surface area contributed by atoms with Crippen molar-refractivity contribution >= 4 is 28.7 Å². The van der Waals surface area contributed by atoms with Crippen molar-refractivity contribution in [3.63, 3.8) is 0 Å². The first-order valence-electron chi connectivity index (χ1n) is 11.3. The SMILES string of the molecule is CCOC(=O)CCC(=O)N1CCc2c([nH]c3ccc(OC)cc23)C1c1ccc(COC(C)=O)o1. The van der Waals surface area contributed by atoms with Gasteiger partial charge in [0.15, 0.2) is 0 Å². The van der Waals surface area contributed by atoms with Crippen molar-refractivity contribution in [3.8, 4) is 5.75 Å². The van der Waals surface area contributed by atoms with E-state index in [4.69, 9.17) is 18.6 Å². The van der Waals surface area contributed by atoms with Crippen molar-refractivity contribution in [2.24, 2.45) is 0 Å². The Hall–Kier alpha value is -3.75. The largest absolute Gasteiger partial charge is 0.497 e. The fourth-order valence-electron chi connectivity index (χ4n) is 4.34. The molecule has 0 saturated heterocycles. The van der Waals surface area contributed by atoms with Gasteiger partial charge in [0.25, 0.3) is 0 Å². The number of carbonyl (C=O) groups excluding carboxylic acids is 3. The van der Waals surface area contributed by atoms with Crippen LogP contribution in [0.25, 0.3) is 10.9 Å². The molecule has 1 N–H and O–H groups in total. The summed E-state index contributed by atoms with van der Waals surface area (Å²) in [6, 6.07) is 8.82. The summed E-state index contributed by atoms with van der Waals surface area (Å²) in [6.07, 6.45) is 0.702. The molecule has 0 spiro atoms. The number of esters is 2. The average molecular weight is 469 g/mol. The summed E-state index contributed by atoms with van der Waals surface area (Å²) in [4.78, 5) is 41.4. The number of carbonyl (C=O) groups is 3. The molecule has 0 fully saturated rings. The second kappa shape index (κ2) is 10.0. The Balaban J connectivity index is 1.69. The van der Waals surface area contributed by atoms with Crippen LogP contribution in [-0.4, -0.2) is 48.0 Å². The maximum absolute atomic E-state index is 13.2. The van der Waals surface area contributed by atoms with Crippen molar-refractivity contribution in [3.05, 3.63) is 53.1 Å². The summed E-state index contributed by atoms with van der Waals surface area (Å²) in [7, 11) is 1.63. The molecule has 0 bridgehead atoms. The van der Waals surface area contributed by atoms with Crippen molar-refractivity contribution < 1.29 is 33.0 Å². The molecule has 34 heavy (non-hydrogen) atoms. The second-order valence-corrected chi connectivity index (χ2v) is 8.06. The van der Waals surface area contributed by atoms with Gasteiger partial charge in [-0.3, -0.25) is 14.4 Å². The van der Waals surface area contributed by atoms with E-state index in [-0.39, 0.29) is 32.0 Å². The minimum Gasteiger partial charge on any atom is -0.497 e. The summed E-state index contributed by atoms with van der Waals surface area (Å²) < 4.78 is 21.4. The van der Waals surface area contributed by atoms with Gasteiger partial charge in [-0.05, 0) is 49.2 Å². The lowest BCUT2D eigenvalue weighted by atomic mass is 9.95. The number of fused-ring (bicyclic) bond motifs is 3. The van der Waals surface area contributed by atoms with Crippen LogP contribution in [-0.2, 0) is 36.9 Å². The number of amides is 1. The van der Waals surface area contributed by atoms with E-state index in [2.05, 4.69) is 4.98 Å². The van der Waals surface area contributed by atoms with Gasteiger partial charge in [-0.15, -0.1) is 0 Å². The predicted molar refractivity (Wildman–Crippen MR) is 122 cm³/mol. The third kappa shape index (κ3) is 4.78. The van der Waals surface area contributed by atoms with Crippen LogP contribution in [0.2, 0.25) is 0 Å². The number of benzene rings is 1. The van der Waals surface area contributed by atoms with Crippen molar-refractivity contribution in [1.82, 2.24) is 9.88 Å². The lowest BCUT2D eigenvalue weighted by Gasteiger charge is -2.34. The molecule has 4 rings (SSSR count). The van der Waals surface area contributed by atoms with Crippen molar-refractivity contribution in [1.29, 1.82) is 0 Å². The average Bonchev–Trinajstić information content (AvgIpc) is 3.44. The highest BCUT2D eigenvalue weighted by atomic mass is 16.5. The van der Waals surface area contributed by atoms with E-state index in [9.17, 15) is 14.4 Å². The summed E-state index contributed by atoms with van der Waals surface area (Å²) in [5, 5.41) is 1.03. The quantitative estimate of drug-likeness (QED) is 0.502. The first-order chi connectivity index (χ1) is 16.4. The molecule has 1 aliphatic heterocycles. The van der Waals surface area contributed by atoms with Crippen LogP contribution in [0.1, 0.15) is 55.5 Å². The van der Waals surface area contributed by atoms with Gasteiger partial charge in [0.1, 0.15) is 29.9 Å². The Bertz CT molecular complexity index is 1210. The van der Waals surface area contributed by atoms with Gasteiger partial charge in [0.2, 0.25) is 5.91 Å². The predicted octanol–water partition coefficient (Wildman–Crippen LogP) is 3.65. The van der Waals surface area contributed by atoms with Crippen LogP contribution < -0.4 is 4.74 Å². The number of furan rings is 1. The molecule has 2 aromatic heterocycles. The van der Waals surface area contributed by atoms with E-state index in [0.717, 1.165) is 27.9 Å². The molecule has 1 unspecified atom stereocenters. The van der Waals surface area contributed by atoms with Crippen LogP contribution in [0, 0.1) is 0 Å². The Morgan fingerprint density at radius 1 is 1.15 bits per heavy atom. The topological polar surface area (TPSA) is 111 Å². The first kappa shape index (κ1) is 23.4. The van der Waals surface area contributed by atoms with Gasteiger partial charge in [-0.2, -0.15) is 0 Å². The number of aromatic amines is 1. The molecule has 0 aliphatic carbocycles. The highest BCUT2D eigenvalue weighted by Crippen LogP contribution is 2.40. The third-order valence-electron chi connectivity index (χ3n) is 5.87.